The van der Waals surface area contributed by atoms with Crippen molar-refractivity contribution in [1.82, 2.24) is 5.32 Å². The van der Waals surface area contributed by atoms with Gasteiger partial charge in [-0.2, -0.15) is 0 Å². The SMILES string of the molecule is CNC[C@H]1O[C@@H](CC(N)=O)[C@H](O)[C@@H]1O. The first-order valence-electron chi connectivity index (χ1n) is 4.50. The van der Waals surface area contributed by atoms with Crippen LogP contribution in [0, 0.1) is 0 Å². The van der Waals surface area contributed by atoms with Crippen molar-refractivity contribution in [2.75, 3.05) is 13.6 Å². The van der Waals surface area contributed by atoms with Gasteiger partial charge in [0.2, 0.25) is 5.91 Å². The molecule has 1 amide bonds. The van der Waals surface area contributed by atoms with Crippen LogP contribution in [0.1, 0.15) is 6.42 Å². The average Bonchev–Trinajstić information content (AvgIpc) is 2.34. The molecule has 1 rings (SSSR count). The Morgan fingerprint density at radius 1 is 1.43 bits per heavy atom. The van der Waals surface area contributed by atoms with E-state index in [-0.39, 0.29) is 6.42 Å². The molecular formula is C8H16N2O4. The molecule has 1 fully saturated rings. The van der Waals surface area contributed by atoms with Crippen LogP contribution < -0.4 is 11.1 Å². The van der Waals surface area contributed by atoms with Gasteiger partial charge in [-0.05, 0) is 7.05 Å². The van der Waals surface area contributed by atoms with Crippen molar-refractivity contribution in [3.05, 3.63) is 0 Å². The summed E-state index contributed by atoms with van der Waals surface area (Å²) in [7, 11) is 1.71. The molecule has 6 nitrogen and oxygen atoms in total. The lowest BCUT2D eigenvalue weighted by Gasteiger charge is -2.13. The van der Waals surface area contributed by atoms with Gasteiger partial charge in [0, 0.05) is 6.54 Å². The summed E-state index contributed by atoms with van der Waals surface area (Å²) in [5, 5.41) is 21.8. The third kappa shape index (κ3) is 2.42. The highest BCUT2D eigenvalue weighted by molar-refractivity contribution is 5.74. The van der Waals surface area contributed by atoms with Gasteiger partial charge in [0.15, 0.2) is 0 Å². The van der Waals surface area contributed by atoms with Gasteiger partial charge in [0.25, 0.3) is 0 Å². The Morgan fingerprint density at radius 3 is 2.50 bits per heavy atom. The molecule has 14 heavy (non-hydrogen) atoms. The highest BCUT2D eigenvalue weighted by Crippen LogP contribution is 2.22. The molecule has 0 bridgehead atoms. The zero-order valence-corrected chi connectivity index (χ0v) is 8.01. The number of carbonyl (C=O) groups is 1. The third-order valence-electron chi connectivity index (χ3n) is 2.27. The quantitative estimate of drug-likeness (QED) is 0.407. The molecule has 0 aromatic rings. The number of nitrogens with two attached hydrogens (primary N) is 1. The summed E-state index contributed by atoms with van der Waals surface area (Å²) in [6.07, 6.45) is -3.26. The van der Waals surface area contributed by atoms with Crippen molar-refractivity contribution in [1.29, 1.82) is 0 Å². The van der Waals surface area contributed by atoms with Crippen LogP contribution in [-0.2, 0) is 9.53 Å². The van der Waals surface area contributed by atoms with Gasteiger partial charge in [-0.15, -0.1) is 0 Å². The molecule has 0 aromatic heterocycles. The molecule has 1 heterocycles. The summed E-state index contributed by atoms with van der Waals surface area (Å²) in [6, 6.07) is 0. The van der Waals surface area contributed by atoms with Crippen LogP contribution in [0.5, 0.6) is 0 Å². The van der Waals surface area contributed by atoms with Crippen molar-refractivity contribution in [3.63, 3.8) is 0 Å². The molecule has 1 aliphatic heterocycles. The highest BCUT2D eigenvalue weighted by Gasteiger charge is 2.42. The Bertz CT molecular complexity index is 212. The Morgan fingerprint density at radius 2 is 2.00 bits per heavy atom. The zero-order chi connectivity index (χ0) is 10.7. The van der Waals surface area contributed by atoms with Crippen LogP contribution in [0.3, 0.4) is 0 Å². The Hall–Kier alpha value is -0.690. The first-order valence-corrected chi connectivity index (χ1v) is 4.50. The van der Waals surface area contributed by atoms with E-state index in [0.717, 1.165) is 0 Å². The molecule has 0 spiro atoms. The summed E-state index contributed by atoms with van der Waals surface area (Å²) in [5.41, 5.74) is 4.97. The van der Waals surface area contributed by atoms with Crippen LogP contribution in [0.4, 0.5) is 0 Å². The van der Waals surface area contributed by atoms with E-state index in [4.69, 9.17) is 10.5 Å². The number of ether oxygens (including phenoxy) is 1. The minimum Gasteiger partial charge on any atom is -0.388 e. The summed E-state index contributed by atoms with van der Waals surface area (Å²) in [5.74, 6) is -0.550. The molecule has 1 saturated heterocycles. The summed E-state index contributed by atoms with van der Waals surface area (Å²) in [4.78, 5) is 10.6. The molecule has 6 heteroatoms. The number of likely N-dealkylation sites (N-methyl/N-ethyl adjacent to an activating group) is 1. The number of hydrogen-bond donors (Lipinski definition) is 4. The van der Waals surface area contributed by atoms with Crippen LogP contribution in [0.25, 0.3) is 0 Å². The average molecular weight is 204 g/mol. The second-order valence-corrected chi connectivity index (χ2v) is 3.42. The van der Waals surface area contributed by atoms with E-state index in [1.807, 2.05) is 0 Å². The lowest BCUT2D eigenvalue weighted by molar-refractivity contribution is -0.121. The van der Waals surface area contributed by atoms with Crippen molar-refractivity contribution >= 4 is 5.91 Å². The molecule has 0 unspecified atom stereocenters. The molecular weight excluding hydrogens is 188 g/mol. The summed E-state index contributed by atoms with van der Waals surface area (Å²) >= 11 is 0. The smallest absolute Gasteiger partial charge is 0.220 e. The van der Waals surface area contributed by atoms with E-state index in [0.29, 0.717) is 6.54 Å². The lowest BCUT2D eigenvalue weighted by Crippen LogP contribution is -2.37. The van der Waals surface area contributed by atoms with Crippen molar-refractivity contribution in [2.24, 2.45) is 5.73 Å². The Kier molecular flexibility index (Phi) is 3.82. The molecule has 0 aliphatic carbocycles. The number of primary amides is 1. The molecule has 4 atom stereocenters. The second kappa shape index (κ2) is 4.70. The maximum atomic E-state index is 10.6. The largest absolute Gasteiger partial charge is 0.388 e. The third-order valence-corrected chi connectivity index (χ3v) is 2.27. The number of aliphatic hydroxyl groups is 2. The van der Waals surface area contributed by atoms with E-state index in [9.17, 15) is 15.0 Å². The van der Waals surface area contributed by atoms with Crippen LogP contribution in [-0.4, -0.2) is 54.1 Å². The van der Waals surface area contributed by atoms with Gasteiger partial charge in [0.1, 0.15) is 12.2 Å². The van der Waals surface area contributed by atoms with Gasteiger partial charge in [-0.25, -0.2) is 0 Å². The van der Waals surface area contributed by atoms with E-state index in [1.54, 1.807) is 7.05 Å². The predicted molar refractivity (Wildman–Crippen MR) is 48.4 cm³/mol. The topological polar surface area (TPSA) is 105 Å². The van der Waals surface area contributed by atoms with Gasteiger partial charge in [-0.1, -0.05) is 0 Å². The molecule has 0 saturated carbocycles. The fourth-order valence-electron chi connectivity index (χ4n) is 1.56. The molecule has 0 radical (unpaired) electrons. The Balaban J connectivity index is 2.52. The minimum atomic E-state index is -1.04. The maximum absolute atomic E-state index is 10.6. The number of nitrogens with one attached hydrogen (secondary N) is 1. The predicted octanol–water partition coefficient (Wildman–Crippen LogP) is -2.43. The minimum absolute atomic E-state index is 0.0710. The van der Waals surface area contributed by atoms with Crippen LogP contribution in [0.2, 0.25) is 0 Å². The van der Waals surface area contributed by atoms with Crippen molar-refractivity contribution < 1.29 is 19.7 Å². The van der Waals surface area contributed by atoms with E-state index >= 15 is 0 Å². The number of rotatable bonds is 4. The normalized spacial score (nSPS) is 37.4. The number of hydrogen-bond acceptors (Lipinski definition) is 5. The number of aliphatic hydroxyl groups excluding tert-OH is 2. The molecule has 0 aromatic carbocycles. The summed E-state index contributed by atoms with van der Waals surface area (Å²) in [6.45, 7) is 0.424. The second-order valence-electron chi connectivity index (χ2n) is 3.42. The first-order chi connectivity index (χ1) is 6.56. The molecule has 1 aliphatic rings. The summed E-state index contributed by atoms with van der Waals surface area (Å²) < 4.78 is 5.27. The fourth-order valence-corrected chi connectivity index (χ4v) is 1.56. The standard InChI is InChI=1S/C8H16N2O4/c1-10-3-5-8(13)7(12)4(14-5)2-6(9)11/h4-5,7-8,10,12-13H,2-3H2,1H3,(H2,9,11)/t4-,5+,7-,8+/m0/s1. The molecule has 5 N–H and O–H groups in total. The van der Waals surface area contributed by atoms with Crippen molar-refractivity contribution in [2.45, 2.75) is 30.8 Å². The lowest BCUT2D eigenvalue weighted by atomic mass is 10.1. The molecule has 82 valence electrons. The van der Waals surface area contributed by atoms with E-state index in [1.165, 1.54) is 0 Å². The van der Waals surface area contributed by atoms with E-state index < -0.39 is 30.3 Å². The zero-order valence-electron chi connectivity index (χ0n) is 8.01. The fraction of sp³-hybridized carbons (Fsp3) is 0.875. The van der Waals surface area contributed by atoms with Crippen LogP contribution in [0.15, 0.2) is 0 Å². The van der Waals surface area contributed by atoms with Crippen molar-refractivity contribution in [3.8, 4) is 0 Å². The van der Waals surface area contributed by atoms with Gasteiger partial charge in [0.05, 0.1) is 18.6 Å². The first kappa shape index (κ1) is 11.4. The van der Waals surface area contributed by atoms with E-state index in [2.05, 4.69) is 5.32 Å². The number of carbonyl (C=O) groups excluding carboxylic acids is 1. The highest BCUT2D eigenvalue weighted by atomic mass is 16.5. The van der Waals surface area contributed by atoms with Gasteiger partial charge in [-0.3, -0.25) is 4.79 Å². The maximum Gasteiger partial charge on any atom is 0.220 e. The Labute approximate surface area is 82.0 Å². The monoisotopic (exact) mass is 204 g/mol. The van der Waals surface area contributed by atoms with Crippen LogP contribution >= 0.6 is 0 Å². The number of amides is 1. The van der Waals surface area contributed by atoms with Gasteiger partial charge >= 0.3 is 0 Å². The van der Waals surface area contributed by atoms with Gasteiger partial charge < -0.3 is 26.0 Å².